The standard InChI is InChI=1S/C22H33BrFN3O3SSi/c1-21(2,3)30-20(28)27(13-29-8-9-32(5,6)7)19-26-22(4,15-11-17(15)31-19)16-10-14(23)12-25-18(16)24/h10,12,15,17H,8-9,11,13H2,1-7H3/t15?,17?,22-/m0/s1. The first-order valence-corrected chi connectivity index (χ1v) is 16.2. The predicted octanol–water partition coefficient (Wildman–Crippen LogP) is 6.24. The van der Waals surface area contributed by atoms with Gasteiger partial charge < -0.3 is 9.47 Å². The molecule has 2 heterocycles. The second kappa shape index (κ2) is 9.35. The molecule has 32 heavy (non-hydrogen) atoms. The molecule has 0 bridgehead atoms. The molecular formula is C22H33BrFN3O3SSi. The molecule has 178 valence electrons. The van der Waals surface area contributed by atoms with Crippen LogP contribution in [-0.2, 0) is 15.0 Å². The lowest BCUT2D eigenvalue weighted by molar-refractivity contribution is 0.0110. The molecule has 1 saturated carbocycles. The molecule has 1 fully saturated rings. The maximum absolute atomic E-state index is 14.7. The minimum atomic E-state index is -1.27. The van der Waals surface area contributed by atoms with Gasteiger partial charge in [0.2, 0.25) is 5.95 Å². The van der Waals surface area contributed by atoms with E-state index in [1.807, 2.05) is 27.7 Å². The SMILES string of the molecule is CC(C)(C)OC(=O)N(COCC[Si](C)(C)C)C1=N[C@](C)(c2cc(Br)cnc2F)C2CC2S1. The number of hydrogen-bond donors (Lipinski definition) is 0. The van der Waals surface area contributed by atoms with E-state index in [4.69, 9.17) is 14.5 Å². The van der Waals surface area contributed by atoms with Gasteiger partial charge in [-0.25, -0.2) is 14.7 Å². The molecule has 1 amide bonds. The summed E-state index contributed by atoms with van der Waals surface area (Å²) < 4.78 is 27.0. The molecule has 0 N–H and O–H groups in total. The monoisotopic (exact) mass is 545 g/mol. The lowest BCUT2D eigenvalue weighted by atomic mass is 9.88. The fraction of sp³-hybridized carbons (Fsp3) is 0.682. The van der Waals surface area contributed by atoms with E-state index in [0.29, 0.717) is 21.8 Å². The van der Waals surface area contributed by atoms with E-state index in [1.165, 1.54) is 11.1 Å². The molecule has 3 atom stereocenters. The quantitative estimate of drug-likeness (QED) is 0.183. The van der Waals surface area contributed by atoms with Crippen LogP contribution in [-0.4, -0.2) is 53.4 Å². The van der Waals surface area contributed by atoms with Crippen LogP contribution in [0.15, 0.2) is 21.7 Å². The first-order chi connectivity index (χ1) is 14.7. The Morgan fingerprint density at radius 1 is 1.41 bits per heavy atom. The van der Waals surface area contributed by atoms with Gasteiger partial charge in [-0.1, -0.05) is 31.4 Å². The van der Waals surface area contributed by atoms with Crippen LogP contribution >= 0.6 is 27.7 Å². The number of carbonyl (C=O) groups excluding carboxylic acids is 1. The average molecular weight is 547 g/mol. The average Bonchev–Trinajstić information content (AvgIpc) is 3.41. The van der Waals surface area contributed by atoms with E-state index < -0.39 is 31.3 Å². The molecule has 0 aromatic carbocycles. The summed E-state index contributed by atoms with van der Waals surface area (Å²) in [6.45, 7) is 14.9. The van der Waals surface area contributed by atoms with Crippen LogP contribution in [0.5, 0.6) is 0 Å². The third-order valence-corrected chi connectivity index (χ3v) is 8.94. The Hall–Kier alpha value is -0.973. The van der Waals surface area contributed by atoms with Crippen LogP contribution in [0.3, 0.4) is 0 Å². The van der Waals surface area contributed by atoms with Gasteiger partial charge in [0.05, 0.1) is 5.54 Å². The Bertz CT molecular complexity index is 905. The molecule has 1 aromatic rings. The second-order valence-electron chi connectivity index (χ2n) is 10.8. The molecule has 1 aliphatic heterocycles. The van der Waals surface area contributed by atoms with Crippen molar-refractivity contribution in [1.29, 1.82) is 0 Å². The minimum absolute atomic E-state index is 0.0535. The minimum Gasteiger partial charge on any atom is -0.443 e. The highest BCUT2D eigenvalue weighted by atomic mass is 79.9. The molecule has 2 aliphatic rings. The summed E-state index contributed by atoms with van der Waals surface area (Å²) in [5.74, 6) is -0.346. The largest absolute Gasteiger partial charge is 0.443 e. The van der Waals surface area contributed by atoms with E-state index in [0.717, 1.165) is 12.5 Å². The number of rotatable bonds is 6. The molecule has 0 saturated heterocycles. The van der Waals surface area contributed by atoms with Gasteiger partial charge >= 0.3 is 6.09 Å². The van der Waals surface area contributed by atoms with Crippen molar-refractivity contribution in [2.45, 2.75) is 76.2 Å². The van der Waals surface area contributed by atoms with Crippen molar-refractivity contribution >= 4 is 47.0 Å². The molecule has 0 spiro atoms. The number of halogens is 2. The lowest BCUT2D eigenvalue weighted by Gasteiger charge is -2.34. The predicted molar refractivity (Wildman–Crippen MR) is 133 cm³/mol. The summed E-state index contributed by atoms with van der Waals surface area (Å²) in [5, 5.41) is 0.769. The number of pyridine rings is 1. The van der Waals surface area contributed by atoms with Gasteiger partial charge in [-0.15, -0.1) is 0 Å². The molecule has 0 radical (unpaired) electrons. The van der Waals surface area contributed by atoms with Crippen molar-refractivity contribution < 1.29 is 18.7 Å². The Morgan fingerprint density at radius 2 is 2.09 bits per heavy atom. The van der Waals surface area contributed by atoms with Crippen LogP contribution < -0.4 is 0 Å². The van der Waals surface area contributed by atoms with Gasteiger partial charge in [-0.3, -0.25) is 4.99 Å². The number of nitrogens with zero attached hydrogens (tertiary/aromatic N) is 3. The van der Waals surface area contributed by atoms with Gasteiger partial charge in [0, 0.05) is 42.1 Å². The normalized spacial score (nSPS) is 25.1. The third kappa shape index (κ3) is 6.33. The van der Waals surface area contributed by atoms with Gasteiger partial charge in [-0.2, -0.15) is 4.39 Å². The molecule has 2 unspecified atom stereocenters. The zero-order valence-electron chi connectivity index (χ0n) is 19.9. The van der Waals surface area contributed by atoms with Crippen molar-refractivity contribution in [3.8, 4) is 0 Å². The number of ether oxygens (including phenoxy) is 2. The van der Waals surface area contributed by atoms with Crippen LogP contribution in [0, 0.1) is 11.9 Å². The highest BCUT2D eigenvalue weighted by Crippen LogP contribution is 2.58. The summed E-state index contributed by atoms with van der Waals surface area (Å²) >= 11 is 4.94. The molecule has 6 nitrogen and oxygen atoms in total. The van der Waals surface area contributed by atoms with Gasteiger partial charge in [0.15, 0.2) is 5.17 Å². The summed E-state index contributed by atoms with van der Waals surface area (Å²) in [6, 6.07) is 2.73. The molecule has 3 rings (SSSR count). The number of amidine groups is 1. The number of hydrogen-bond acceptors (Lipinski definition) is 6. The molecule has 1 aliphatic carbocycles. The Morgan fingerprint density at radius 3 is 2.72 bits per heavy atom. The number of fused-ring (bicyclic) bond motifs is 1. The van der Waals surface area contributed by atoms with Crippen LogP contribution in [0.2, 0.25) is 25.7 Å². The summed E-state index contributed by atoms with van der Waals surface area (Å²) in [4.78, 5) is 23.3. The highest BCUT2D eigenvalue weighted by Gasteiger charge is 2.57. The number of amides is 1. The van der Waals surface area contributed by atoms with Crippen molar-refractivity contribution in [2.75, 3.05) is 13.3 Å². The van der Waals surface area contributed by atoms with Crippen LogP contribution in [0.25, 0.3) is 0 Å². The van der Waals surface area contributed by atoms with Crippen molar-refractivity contribution in [1.82, 2.24) is 9.88 Å². The van der Waals surface area contributed by atoms with E-state index >= 15 is 0 Å². The van der Waals surface area contributed by atoms with E-state index in [1.54, 1.807) is 17.8 Å². The van der Waals surface area contributed by atoms with E-state index in [-0.39, 0.29) is 17.9 Å². The second-order valence-corrected chi connectivity index (χ2v) is 18.5. The first kappa shape index (κ1) is 25.6. The topological polar surface area (TPSA) is 64.0 Å². The van der Waals surface area contributed by atoms with E-state index in [9.17, 15) is 9.18 Å². The third-order valence-electron chi connectivity index (χ3n) is 5.45. The zero-order chi connectivity index (χ0) is 23.9. The summed E-state index contributed by atoms with van der Waals surface area (Å²) in [5.41, 5.74) is -1.04. The Kier molecular flexibility index (Phi) is 7.49. The van der Waals surface area contributed by atoms with Crippen LogP contribution in [0.4, 0.5) is 9.18 Å². The van der Waals surface area contributed by atoms with Crippen LogP contribution in [0.1, 0.15) is 39.7 Å². The maximum Gasteiger partial charge on any atom is 0.418 e. The fourth-order valence-electron chi connectivity index (χ4n) is 3.54. The molecule has 1 aromatic heterocycles. The summed E-state index contributed by atoms with van der Waals surface area (Å²) in [6.07, 6.45) is 1.83. The van der Waals surface area contributed by atoms with Gasteiger partial charge in [0.25, 0.3) is 0 Å². The molecule has 10 heteroatoms. The highest BCUT2D eigenvalue weighted by molar-refractivity contribution is 9.10. The maximum atomic E-state index is 14.7. The summed E-state index contributed by atoms with van der Waals surface area (Å²) in [7, 11) is -1.27. The Labute approximate surface area is 203 Å². The van der Waals surface area contributed by atoms with Crippen molar-refractivity contribution in [2.24, 2.45) is 10.9 Å². The number of aromatic nitrogens is 1. The number of carbonyl (C=O) groups is 1. The van der Waals surface area contributed by atoms with Crippen molar-refractivity contribution in [3.63, 3.8) is 0 Å². The molecular weight excluding hydrogens is 513 g/mol. The van der Waals surface area contributed by atoms with Gasteiger partial charge in [0.1, 0.15) is 12.3 Å². The lowest BCUT2D eigenvalue weighted by Crippen LogP contribution is -2.44. The number of thioether (sulfide) groups is 1. The van der Waals surface area contributed by atoms with Gasteiger partial charge in [-0.05, 0) is 62.2 Å². The fourth-order valence-corrected chi connectivity index (χ4v) is 6.12. The smallest absolute Gasteiger partial charge is 0.418 e. The van der Waals surface area contributed by atoms with Crippen molar-refractivity contribution in [3.05, 3.63) is 28.2 Å². The first-order valence-electron chi connectivity index (χ1n) is 10.9. The Balaban J connectivity index is 1.90. The van der Waals surface area contributed by atoms with E-state index in [2.05, 4.69) is 40.6 Å². The number of aliphatic imine (C=N–C) groups is 1. The zero-order valence-corrected chi connectivity index (χ0v) is 23.3.